The summed E-state index contributed by atoms with van der Waals surface area (Å²) in [5.41, 5.74) is 0.0592. The molecule has 0 aliphatic carbocycles. The molecule has 5 heteroatoms. The van der Waals surface area contributed by atoms with Gasteiger partial charge in [0.05, 0.1) is 0 Å². The molecule has 0 radical (unpaired) electrons. The van der Waals surface area contributed by atoms with Crippen LogP contribution in [0.1, 0.15) is 30.3 Å². The minimum atomic E-state index is -1.01. The highest BCUT2D eigenvalue weighted by Gasteiger charge is 2.29. The Hall–Kier alpha value is -1.62. The second-order valence-electron chi connectivity index (χ2n) is 5.14. The van der Waals surface area contributed by atoms with Crippen molar-refractivity contribution in [1.29, 1.82) is 0 Å². The van der Waals surface area contributed by atoms with Crippen molar-refractivity contribution in [3.8, 4) is 0 Å². The van der Waals surface area contributed by atoms with Crippen LogP contribution >= 0.6 is 0 Å². The summed E-state index contributed by atoms with van der Waals surface area (Å²) < 4.78 is 0. The van der Waals surface area contributed by atoms with Crippen molar-refractivity contribution in [3.05, 3.63) is 23.9 Å². The number of piperidine rings is 1. The zero-order chi connectivity index (χ0) is 13.2. The lowest BCUT2D eigenvalue weighted by Gasteiger charge is -2.38. The molecule has 0 spiro atoms. The second kappa shape index (κ2) is 4.94. The zero-order valence-corrected chi connectivity index (χ0v) is 10.5. The molecule has 2 heterocycles. The molecule has 1 aliphatic heterocycles. The molecule has 18 heavy (non-hydrogen) atoms. The van der Waals surface area contributed by atoms with E-state index in [1.54, 1.807) is 6.07 Å². The van der Waals surface area contributed by atoms with Gasteiger partial charge < -0.3 is 15.1 Å². The minimum absolute atomic E-state index is 0.0130. The summed E-state index contributed by atoms with van der Waals surface area (Å²) in [6.45, 7) is 3.87. The molecule has 1 aromatic rings. The van der Waals surface area contributed by atoms with Crippen LogP contribution in [0, 0.1) is 5.41 Å². The van der Waals surface area contributed by atoms with Crippen LogP contribution in [0.2, 0.25) is 0 Å². The number of aliphatic hydroxyl groups excluding tert-OH is 1. The minimum Gasteiger partial charge on any atom is -0.477 e. The van der Waals surface area contributed by atoms with E-state index in [2.05, 4.69) is 16.8 Å². The molecule has 0 bridgehead atoms. The monoisotopic (exact) mass is 250 g/mol. The van der Waals surface area contributed by atoms with Crippen molar-refractivity contribution >= 4 is 11.8 Å². The number of pyridine rings is 1. The summed E-state index contributed by atoms with van der Waals surface area (Å²) in [5, 5.41) is 18.2. The normalized spacial score (nSPS) is 18.7. The number of carboxylic acids is 1. The van der Waals surface area contributed by atoms with Crippen LogP contribution in [0.4, 0.5) is 5.82 Å². The first kappa shape index (κ1) is 12.8. The first-order valence-corrected chi connectivity index (χ1v) is 6.10. The smallest absolute Gasteiger partial charge is 0.354 e. The van der Waals surface area contributed by atoms with E-state index in [-0.39, 0.29) is 17.7 Å². The fourth-order valence-corrected chi connectivity index (χ4v) is 2.15. The standard InChI is InChI=1S/C13H18N2O3/c1-13(9-16)5-7-15(8-6-13)11-4-2-3-10(14-11)12(17)18/h2-4,16H,5-9H2,1H3,(H,17,18). The number of carbonyl (C=O) groups is 1. The molecule has 5 nitrogen and oxygen atoms in total. The molecule has 1 aromatic heterocycles. The summed E-state index contributed by atoms with van der Waals surface area (Å²) in [4.78, 5) is 17.1. The average Bonchev–Trinajstić information content (AvgIpc) is 2.40. The van der Waals surface area contributed by atoms with Crippen LogP contribution in [-0.2, 0) is 0 Å². The Bertz CT molecular complexity index is 440. The average molecular weight is 250 g/mol. The van der Waals surface area contributed by atoms with Gasteiger partial charge in [0.2, 0.25) is 0 Å². The van der Waals surface area contributed by atoms with Crippen LogP contribution in [-0.4, -0.2) is 40.9 Å². The van der Waals surface area contributed by atoms with Crippen LogP contribution < -0.4 is 4.90 Å². The van der Waals surface area contributed by atoms with Crippen molar-refractivity contribution in [2.24, 2.45) is 5.41 Å². The molecule has 0 unspecified atom stereocenters. The maximum absolute atomic E-state index is 10.9. The highest BCUT2D eigenvalue weighted by Crippen LogP contribution is 2.31. The van der Waals surface area contributed by atoms with E-state index in [1.165, 1.54) is 6.07 Å². The van der Waals surface area contributed by atoms with Crippen molar-refractivity contribution < 1.29 is 15.0 Å². The zero-order valence-electron chi connectivity index (χ0n) is 10.5. The van der Waals surface area contributed by atoms with Crippen molar-refractivity contribution in [1.82, 2.24) is 4.98 Å². The van der Waals surface area contributed by atoms with Crippen molar-refractivity contribution in [2.75, 3.05) is 24.6 Å². The molecule has 1 fully saturated rings. The quantitative estimate of drug-likeness (QED) is 0.847. The van der Waals surface area contributed by atoms with Gasteiger partial charge in [-0.2, -0.15) is 0 Å². The Balaban J connectivity index is 2.10. The predicted molar refractivity (Wildman–Crippen MR) is 67.8 cm³/mol. The lowest BCUT2D eigenvalue weighted by molar-refractivity contribution is 0.0690. The molecular weight excluding hydrogens is 232 g/mol. The van der Waals surface area contributed by atoms with Gasteiger partial charge in [0.1, 0.15) is 5.82 Å². The highest BCUT2D eigenvalue weighted by atomic mass is 16.4. The number of rotatable bonds is 3. The molecular formula is C13H18N2O3. The Kier molecular flexibility index (Phi) is 3.52. The van der Waals surface area contributed by atoms with Gasteiger partial charge >= 0.3 is 5.97 Å². The number of nitrogens with zero attached hydrogens (tertiary/aromatic N) is 2. The first-order valence-electron chi connectivity index (χ1n) is 6.10. The maximum Gasteiger partial charge on any atom is 0.354 e. The lowest BCUT2D eigenvalue weighted by atomic mass is 9.81. The Morgan fingerprint density at radius 1 is 1.44 bits per heavy atom. The fourth-order valence-electron chi connectivity index (χ4n) is 2.15. The number of anilines is 1. The molecule has 0 aromatic carbocycles. The van der Waals surface area contributed by atoms with Crippen molar-refractivity contribution in [3.63, 3.8) is 0 Å². The highest BCUT2D eigenvalue weighted by molar-refractivity contribution is 5.85. The van der Waals surface area contributed by atoms with Crippen LogP contribution in [0.3, 0.4) is 0 Å². The van der Waals surface area contributed by atoms with E-state index in [0.717, 1.165) is 25.9 Å². The van der Waals surface area contributed by atoms with E-state index in [1.807, 2.05) is 6.07 Å². The maximum atomic E-state index is 10.9. The van der Waals surface area contributed by atoms with Gasteiger partial charge in [0.15, 0.2) is 5.69 Å². The van der Waals surface area contributed by atoms with Gasteiger partial charge in [-0.15, -0.1) is 0 Å². The van der Waals surface area contributed by atoms with Gasteiger partial charge in [-0.25, -0.2) is 9.78 Å². The van der Waals surface area contributed by atoms with E-state index >= 15 is 0 Å². The van der Waals surface area contributed by atoms with Gasteiger partial charge in [-0.3, -0.25) is 0 Å². The first-order chi connectivity index (χ1) is 8.54. The number of aliphatic hydroxyl groups is 1. The fraction of sp³-hybridized carbons (Fsp3) is 0.538. The van der Waals surface area contributed by atoms with E-state index < -0.39 is 5.97 Å². The lowest BCUT2D eigenvalue weighted by Crippen LogP contribution is -2.40. The third kappa shape index (κ3) is 2.61. The molecule has 1 aliphatic rings. The summed E-state index contributed by atoms with van der Waals surface area (Å²) in [5.74, 6) is -0.302. The van der Waals surface area contributed by atoms with Gasteiger partial charge in [0, 0.05) is 19.7 Å². The molecule has 98 valence electrons. The number of hydrogen-bond donors (Lipinski definition) is 2. The number of aromatic carboxylic acids is 1. The molecule has 0 saturated carbocycles. The van der Waals surface area contributed by atoms with E-state index in [4.69, 9.17) is 5.11 Å². The van der Waals surface area contributed by atoms with Crippen LogP contribution in [0.25, 0.3) is 0 Å². The summed E-state index contributed by atoms with van der Waals surface area (Å²) >= 11 is 0. The molecule has 2 rings (SSSR count). The topological polar surface area (TPSA) is 73.7 Å². The second-order valence-corrected chi connectivity index (χ2v) is 5.14. The molecule has 0 atom stereocenters. The summed E-state index contributed by atoms with van der Waals surface area (Å²) in [7, 11) is 0. The summed E-state index contributed by atoms with van der Waals surface area (Å²) in [6, 6.07) is 5.04. The Labute approximate surface area is 106 Å². The third-order valence-corrected chi connectivity index (χ3v) is 3.63. The predicted octanol–water partition coefficient (Wildman–Crippen LogP) is 1.38. The number of carboxylic acid groups (broad SMARTS) is 1. The van der Waals surface area contributed by atoms with E-state index in [9.17, 15) is 9.90 Å². The van der Waals surface area contributed by atoms with Gasteiger partial charge in [0.25, 0.3) is 0 Å². The van der Waals surface area contributed by atoms with Gasteiger partial charge in [-0.1, -0.05) is 13.0 Å². The molecule has 0 amide bonds. The molecule has 2 N–H and O–H groups in total. The third-order valence-electron chi connectivity index (χ3n) is 3.63. The van der Waals surface area contributed by atoms with Gasteiger partial charge in [-0.05, 0) is 30.4 Å². The summed E-state index contributed by atoms with van der Waals surface area (Å²) in [6.07, 6.45) is 1.78. The SMILES string of the molecule is CC1(CO)CCN(c2cccc(C(=O)O)n2)CC1. The molecule has 1 saturated heterocycles. The number of hydrogen-bond acceptors (Lipinski definition) is 4. The van der Waals surface area contributed by atoms with Crippen LogP contribution in [0.5, 0.6) is 0 Å². The van der Waals surface area contributed by atoms with Crippen molar-refractivity contribution in [2.45, 2.75) is 19.8 Å². The van der Waals surface area contributed by atoms with Crippen LogP contribution in [0.15, 0.2) is 18.2 Å². The Morgan fingerprint density at radius 3 is 2.67 bits per heavy atom. The Morgan fingerprint density at radius 2 is 2.11 bits per heavy atom. The number of aromatic nitrogens is 1. The largest absolute Gasteiger partial charge is 0.477 e. The van der Waals surface area contributed by atoms with E-state index in [0.29, 0.717) is 5.82 Å².